The third-order valence-corrected chi connectivity index (χ3v) is 9.97. The second-order valence-electron chi connectivity index (χ2n) is 8.91. The van der Waals surface area contributed by atoms with E-state index in [0.717, 1.165) is 46.1 Å². The molecule has 34 heavy (non-hydrogen) atoms. The highest BCUT2D eigenvalue weighted by atomic mass is 79.9. The van der Waals surface area contributed by atoms with E-state index in [9.17, 15) is 9.59 Å². The van der Waals surface area contributed by atoms with Crippen LogP contribution in [-0.2, 0) is 22.4 Å². The van der Waals surface area contributed by atoms with E-state index in [1.165, 1.54) is 22.3 Å². The molecule has 0 saturated heterocycles. The first kappa shape index (κ1) is 26.1. The summed E-state index contributed by atoms with van der Waals surface area (Å²) in [5, 5.41) is 6.12. The van der Waals surface area contributed by atoms with Gasteiger partial charge in [-0.05, 0) is 84.0 Å². The van der Waals surface area contributed by atoms with Gasteiger partial charge in [-0.2, -0.15) is 0 Å². The van der Waals surface area contributed by atoms with Crippen molar-refractivity contribution < 1.29 is 9.59 Å². The molecule has 2 unspecified atom stereocenters. The Labute approximate surface area is 226 Å². The van der Waals surface area contributed by atoms with Gasteiger partial charge >= 0.3 is 0 Å². The summed E-state index contributed by atoms with van der Waals surface area (Å²) < 4.78 is 2.22. The van der Waals surface area contributed by atoms with E-state index in [0.29, 0.717) is 37.8 Å². The molecule has 0 saturated carbocycles. The molecule has 2 aromatic rings. The summed E-state index contributed by atoms with van der Waals surface area (Å²) >= 11 is 7.05. The fourth-order valence-corrected chi connectivity index (χ4v) is 7.58. The number of hydrogen-bond donors (Lipinski definition) is 2. The molecule has 0 aromatic heterocycles. The van der Waals surface area contributed by atoms with Gasteiger partial charge in [0.25, 0.3) is 0 Å². The van der Waals surface area contributed by atoms with Crippen molar-refractivity contribution in [2.75, 3.05) is 24.6 Å². The summed E-state index contributed by atoms with van der Waals surface area (Å²) in [6, 6.07) is 12.8. The zero-order chi connectivity index (χ0) is 23.9. The van der Waals surface area contributed by atoms with E-state index >= 15 is 0 Å². The molecule has 4 rings (SSSR count). The minimum absolute atomic E-state index is 0.138. The van der Waals surface area contributed by atoms with Gasteiger partial charge in [0.05, 0.1) is 0 Å². The van der Waals surface area contributed by atoms with Gasteiger partial charge in [0.15, 0.2) is 0 Å². The van der Waals surface area contributed by atoms with E-state index < -0.39 is 0 Å². The summed E-state index contributed by atoms with van der Waals surface area (Å²) in [5.74, 6) is 2.69. The zero-order valence-electron chi connectivity index (χ0n) is 19.1. The van der Waals surface area contributed by atoms with Crippen LogP contribution in [0.1, 0.15) is 59.8 Å². The second kappa shape index (κ2) is 12.8. The minimum Gasteiger partial charge on any atom is -0.355 e. The maximum Gasteiger partial charge on any atom is 0.220 e. The van der Waals surface area contributed by atoms with Crippen molar-refractivity contribution in [1.29, 1.82) is 0 Å². The monoisotopic (exact) mass is 624 g/mol. The van der Waals surface area contributed by atoms with Gasteiger partial charge in [-0.1, -0.05) is 65.6 Å². The molecule has 0 heterocycles. The molecule has 2 aromatic carbocycles. The van der Waals surface area contributed by atoms with Gasteiger partial charge in [-0.3, -0.25) is 9.59 Å². The number of amides is 2. The Hall–Kier alpha value is -0.960. The molecule has 2 N–H and O–H groups in total. The van der Waals surface area contributed by atoms with Crippen molar-refractivity contribution in [3.05, 3.63) is 67.6 Å². The van der Waals surface area contributed by atoms with Crippen LogP contribution in [0.5, 0.6) is 0 Å². The lowest BCUT2D eigenvalue weighted by atomic mass is 9.97. The zero-order valence-corrected chi connectivity index (χ0v) is 23.9. The highest BCUT2D eigenvalue weighted by Gasteiger charge is 2.25. The van der Waals surface area contributed by atoms with Crippen molar-refractivity contribution in [3.63, 3.8) is 0 Å². The topological polar surface area (TPSA) is 58.2 Å². The largest absolute Gasteiger partial charge is 0.355 e. The lowest BCUT2D eigenvalue weighted by Gasteiger charge is -2.12. The summed E-state index contributed by atoms with van der Waals surface area (Å²) in [6.07, 6.45) is 5.37. The molecule has 2 aliphatic rings. The van der Waals surface area contributed by atoms with Crippen molar-refractivity contribution in [3.8, 4) is 0 Å². The maximum atomic E-state index is 12.3. The van der Waals surface area contributed by atoms with Crippen LogP contribution in [0, 0.1) is 0 Å². The fourth-order valence-electron chi connectivity index (χ4n) is 4.95. The van der Waals surface area contributed by atoms with Gasteiger partial charge in [-0.15, -0.1) is 0 Å². The van der Waals surface area contributed by atoms with Crippen LogP contribution < -0.4 is 10.6 Å². The Kier molecular flexibility index (Phi) is 9.86. The summed E-state index contributed by atoms with van der Waals surface area (Å²) in [7, 11) is 3.49. The summed E-state index contributed by atoms with van der Waals surface area (Å²) in [4.78, 5) is 24.7. The van der Waals surface area contributed by atoms with Crippen LogP contribution in [0.4, 0.5) is 0 Å². The molecule has 182 valence electrons. The molecule has 0 fully saturated rings. The summed E-state index contributed by atoms with van der Waals surface area (Å²) in [5.41, 5.74) is 5.39. The first-order valence-electron chi connectivity index (χ1n) is 11.8. The van der Waals surface area contributed by atoms with Crippen LogP contribution in [-0.4, -0.2) is 36.4 Å². The second-order valence-corrected chi connectivity index (χ2v) is 13.4. The molecule has 2 amide bonds. The van der Waals surface area contributed by atoms with Gasteiger partial charge in [-0.25, -0.2) is 0 Å². The number of rotatable bonds is 11. The first-order chi connectivity index (χ1) is 16.5. The van der Waals surface area contributed by atoms with E-state index in [1.807, 2.05) is 0 Å². The van der Waals surface area contributed by atoms with Gasteiger partial charge < -0.3 is 10.6 Å². The molecule has 0 radical (unpaired) electrons. The number of hydrogen-bond acceptors (Lipinski definition) is 4. The normalized spacial score (nSPS) is 18.4. The molecule has 4 nitrogen and oxygen atoms in total. The molecule has 0 aliphatic heterocycles. The Morgan fingerprint density at radius 2 is 1.21 bits per heavy atom. The molecule has 0 spiro atoms. The van der Waals surface area contributed by atoms with E-state index in [4.69, 9.17) is 0 Å². The number of benzene rings is 2. The molecule has 8 heteroatoms. The average molecular weight is 626 g/mol. The molecule has 2 atom stereocenters. The van der Waals surface area contributed by atoms with Crippen LogP contribution in [0.15, 0.2) is 45.3 Å². The number of nitrogens with one attached hydrogen (secondary N) is 2. The van der Waals surface area contributed by atoms with Crippen molar-refractivity contribution in [2.45, 2.75) is 50.4 Å². The Balaban J connectivity index is 1.03. The van der Waals surface area contributed by atoms with Crippen molar-refractivity contribution >= 4 is 65.3 Å². The number of carbonyl (C=O) groups is 2. The Morgan fingerprint density at radius 3 is 1.65 bits per heavy atom. The predicted octanol–water partition coefficient (Wildman–Crippen LogP) is 6.37. The minimum atomic E-state index is 0.138. The number of halogens is 2. The standard InChI is InChI=1S/C26H30Br2N2O2S2/c27-21-5-7-23-17(13-21)1-3-19(23)15-25(31)29-9-11-33-34-12-10-30-26(32)16-20-4-2-18-14-22(28)6-8-24(18)20/h5-8,13-14,19-20H,1-4,9-12,15-16H2,(H,29,31)(H,30,32). The van der Waals surface area contributed by atoms with Crippen LogP contribution in [0.25, 0.3) is 0 Å². The predicted molar refractivity (Wildman–Crippen MR) is 151 cm³/mol. The van der Waals surface area contributed by atoms with Gasteiger partial charge in [0, 0.05) is 46.4 Å². The third kappa shape index (κ3) is 7.28. The number of aryl methyl sites for hydroxylation is 2. The quantitative estimate of drug-likeness (QED) is 0.225. The van der Waals surface area contributed by atoms with E-state index in [1.54, 1.807) is 21.6 Å². The van der Waals surface area contributed by atoms with Crippen molar-refractivity contribution in [2.24, 2.45) is 0 Å². The SMILES string of the molecule is O=C(CC1CCc2cc(Br)ccc21)NCCSSCCNC(=O)CC1CCc2cc(Br)ccc21. The molecular weight excluding hydrogens is 596 g/mol. The highest BCUT2D eigenvalue weighted by molar-refractivity contribution is 9.10. The first-order valence-corrected chi connectivity index (χ1v) is 15.9. The number of carbonyl (C=O) groups excluding carboxylic acids is 2. The Morgan fingerprint density at radius 1 is 0.765 bits per heavy atom. The Bertz CT molecular complexity index is 952. The molecular formula is C26H30Br2N2O2S2. The van der Waals surface area contributed by atoms with Crippen LogP contribution in [0.3, 0.4) is 0 Å². The average Bonchev–Trinajstić information content (AvgIpc) is 3.38. The molecule has 0 bridgehead atoms. The van der Waals surface area contributed by atoms with Gasteiger partial charge in [0.1, 0.15) is 0 Å². The lowest BCUT2D eigenvalue weighted by molar-refractivity contribution is -0.122. The fraction of sp³-hybridized carbons (Fsp3) is 0.462. The van der Waals surface area contributed by atoms with Crippen molar-refractivity contribution in [1.82, 2.24) is 10.6 Å². The van der Waals surface area contributed by atoms with E-state index in [2.05, 4.69) is 78.9 Å². The van der Waals surface area contributed by atoms with Crippen LogP contribution in [0.2, 0.25) is 0 Å². The van der Waals surface area contributed by atoms with Crippen LogP contribution >= 0.6 is 53.4 Å². The summed E-state index contributed by atoms with van der Waals surface area (Å²) in [6.45, 7) is 1.36. The number of fused-ring (bicyclic) bond motifs is 2. The molecule has 2 aliphatic carbocycles. The third-order valence-electron chi connectivity index (χ3n) is 6.58. The maximum absolute atomic E-state index is 12.3. The smallest absolute Gasteiger partial charge is 0.220 e. The highest BCUT2D eigenvalue weighted by Crippen LogP contribution is 2.37. The van der Waals surface area contributed by atoms with E-state index in [-0.39, 0.29) is 11.8 Å². The lowest BCUT2D eigenvalue weighted by Crippen LogP contribution is -2.27. The van der Waals surface area contributed by atoms with Gasteiger partial charge in [0.2, 0.25) is 11.8 Å².